The van der Waals surface area contributed by atoms with Crippen LogP contribution in [0.15, 0.2) is 53.4 Å². The van der Waals surface area contributed by atoms with Gasteiger partial charge in [-0.2, -0.15) is 0 Å². The summed E-state index contributed by atoms with van der Waals surface area (Å²) in [6.45, 7) is 1.11. The number of hydrogen-bond acceptors (Lipinski definition) is 4. The lowest BCUT2D eigenvalue weighted by Gasteiger charge is -2.05. The van der Waals surface area contributed by atoms with Gasteiger partial charge in [-0.05, 0) is 23.8 Å². The number of halogens is 1. The zero-order chi connectivity index (χ0) is 14.9. The molecule has 5 nitrogen and oxygen atoms in total. The number of aromatic nitrogens is 2. The Morgan fingerprint density at radius 3 is 2.71 bits per heavy atom. The van der Waals surface area contributed by atoms with E-state index in [1.807, 2.05) is 24.3 Å². The Morgan fingerprint density at radius 1 is 1.19 bits per heavy atom. The zero-order valence-corrected chi connectivity index (χ0v) is 12.9. The number of amides is 1. The lowest BCUT2D eigenvalue weighted by molar-refractivity contribution is -0.116. The summed E-state index contributed by atoms with van der Waals surface area (Å²) >= 11 is 3.37. The molecule has 1 heterocycles. The predicted octanol–water partition coefficient (Wildman–Crippen LogP) is 2.48. The fourth-order valence-corrected chi connectivity index (χ4v) is 1.84. The van der Waals surface area contributed by atoms with Crippen LogP contribution in [-0.4, -0.2) is 29.0 Å². The summed E-state index contributed by atoms with van der Waals surface area (Å²) in [5.74, 6) is 0.566. The maximum atomic E-state index is 11.6. The number of carbonyl (C=O) groups is 1. The van der Waals surface area contributed by atoms with Gasteiger partial charge >= 0.3 is 0 Å². The summed E-state index contributed by atoms with van der Waals surface area (Å²) in [5, 5.41) is 5.85. The van der Waals surface area contributed by atoms with Crippen molar-refractivity contribution in [1.82, 2.24) is 15.3 Å². The molecular formula is C15H15BrN4O. The molecule has 1 aromatic heterocycles. The van der Waals surface area contributed by atoms with Crippen LogP contribution in [0.5, 0.6) is 0 Å². The van der Waals surface area contributed by atoms with E-state index in [0.29, 0.717) is 18.9 Å². The molecule has 0 saturated carbocycles. The third kappa shape index (κ3) is 5.74. The molecule has 0 saturated heterocycles. The van der Waals surface area contributed by atoms with Crippen LogP contribution in [0.4, 0.5) is 5.82 Å². The summed E-state index contributed by atoms with van der Waals surface area (Å²) < 4.78 is 1.01. The minimum Gasteiger partial charge on any atom is -0.367 e. The number of nitrogens with one attached hydrogen (secondary N) is 2. The molecule has 6 heteroatoms. The summed E-state index contributed by atoms with van der Waals surface area (Å²) in [7, 11) is 0. The maximum absolute atomic E-state index is 11.6. The zero-order valence-electron chi connectivity index (χ0n) is 11.3. The third-order valence-corrected chi connectivity index (χ3v) is 3.12. The lowest BCUT2D eigenvalue weighted by atomic mass is 10.2. The number of rotatable bonds is 6. The normalized spacial score (nSPS) is 10.5. The van der Waals surface area contributed by atoms with E-state index in [-0.39, 0.29) is 5.91 Å². The molecule has 2 aromatic rings. The highest BCUT2D eigenvalue weighted by atomic mass is 79.9. The molecule has 0 spiro atoms. The number of anilines is 1. The molecule has 0 fully saturated rings. The van der Waals surface area contributed by atoms with Gasteiger partial charge in [0.1, 0.15) is 5.82 Å². The number of carbonyl (C=O) groups excluding carboxylic acids is 1. The van der Waals surface area contributed by atoms with Gasteiger partial charge in [-0.25, -0.2) is 4.98 Å². The highest BCUT2D eigenvalue weighted by Gasteiger charge is 1.96. The van der Waals surface area contributed by atoms with Crippen molar-refractivity contribution in [3.05, 3.63) is 59.0 Å². The molecule has 2 N–H and O–H groups in total. The van der Waals surface area contributed by atoms with E-state index in [2.05, 4.69) is 36.5 Å². The van der Waals surface area contributed by atoms with Crippen LogP contribution in [-0.2, 0) is 4.79 Å². The molecule has 0 aliphatic carbocycles. The highest BCUT2D eigenvalue weighted by Crippen LogP contribution is 2.11. The Bertz CT molecular complexity index is 599. The van der Waals surface area contributed by atoms with Crippen molar-refractivity contribution >= 4 is 33.7 Å². The first-order valence-electron chi connectivity index (χ1n) is 6.45. The van der Waals surface area contributed by atoms with E-state index < -0.39 is 0 Å². The van der Waals surface area contributed by atoms with Gasteiger partial charge in [0.05, 0.1) is 6.20 Å². The van der Waals surface area contributed by atoms with Crippen LogP contribution in [0.25, 0.3) is 6.08 Å². The minimum absolute atomic E-state index is 0.126. The summed E-state index contributed by atoms with van der Waals surface area (Å²) in [5.41, 5.74) is 0.978. The standard InChI is InChI=1S/C15H15BrN4O/c16-13-4-1-12(2-5-13)3-6-15(21)20-10-9-19-14-11-17-7-8-18-14/h1-8,11H,9-10H2,(H,18,19)(H,20,21)/b6-3+. The summed E-state index contributed by atoms with van der Waals surface area (Å²) in [4.78, 5) is 19.6. The van der Waals surface area contributed by atoms with E-state index in [1.54, 1.807) is 24.7 Å². The number of nitrogens with zero attached hydrogens (tertiary/aromatic N) is 2. The summed E-state index contributed by atoms with van der Waals surface area (Å²) in [6.07, 6.45) is 8.15. The average molecular weight is 347 g/mol. The first-order chi connectivity index (χ1) is 10.2. The van der Waals surface area contributed by atoms with E-state index in [4.69, 9.17) is 0 Å². The minimum atomic E-state index is -0.126. The van der Waals surface area contributed by atoms with Gasteiger partial charge in [0.15, 0.2) is 0 Å². The quantitative estimate of drug-likeness (QED) is 0.622. The van der Waals surface area contributed by atoms with Gasteiger partial charge in [0.2, 0.25) is 5.91 Å². The van der Waals surface area contributed by atoms with E-state index in [9.17, 15) is 4.79 Å². The van der Waals surface area contributed by atoms with Crippen LogP contribution in [0.3, 0.4) is 0 Å². The largest absolute Gasteiger partial charge is 0.367 e. The smallest absolute Gasteiger partial charge is 0.244 e. The molecule has 108 valence electrons. The molecule has 21 heavy (non-hydrogen) atoms. The molecule has 1 aromatic carbocycles. The predicted molar refractivity (Wildman–Crippen MR) is 86.7 cm³/mol. The van der Waals surface area contributed by atoms with Gasteiger partial charge in [0, 0.05) is 36.0 Å². The fraction of sp³-hybridized carbons (Fsp3) is 0.133. The van der Waals surface area contributed by atoms with Gasteiger partial charge in [-0.3, -0.25) is 9.78 Å². The van der Waals surface area contributed by atoms with Crippen molar-refractivity contribution < 1.29 is 4.79 Å². The molecule has 0 unspecified atom stereocenters. The second-order valence-electron chi connectivity index (χ2n) is 4.19. The van der Waals surface area contributed by atoms with Gasteiger partial charge in [0.25, 0.3) is 0 Å². The van der Waals surface area contributed by atoms with Crippen LogP contribution >= 0.6 is 15.9 Å². The van der Waals surface area contributed by atoms with Gasteiger partial charge in [-0.15, -0.1) is 0 Å². The molecular weight excluding hydrogens is 332 g/mol. The number of benzene rings is 1. The molecule has 0 bridgehead atoms. The Kier molecular flexibility index (Phi) is 5.90. The second kappa shape index (κ2) is 8.16. The molecule has 0 atom stereocenters. The first-order valence-corrected chi connectivity index (χ1v) is 7.25. The average Bonchev–Trinajstić information content (AvgIpc) is 2.52. The van der Waals surface area contributed by atoms with Crippen molar-refractivity contribution in [3.63, 3.8) is 0 Å². The van der Waals surface area contributed by atoms with Crippen molar-refractivity contribution in [2.75, 3.05) is 18.4 Å². The molecule has 1 amide bonds. The molecule has 2 rings (SSSR count). The van der Waals surface area contributed by atoms with Gasteiger partial charge < -0.3 is 10.6 Å². The van der Waals surface area contributed by atoms with Crippen molar-refractivity contribution in [2.24, 2.45) is 0 Å². The Labute approximate surface area is 131 Å². The van der Waals surface area contributed by atoms with Crippen molar-refractivity contribution in [2.45, 2.75) is 0 Å². The Balaban J connectivity index is 1.69. The maximum Gasteiger partial charge on any atom is 0.244 e. The van der Waals surface area contributed by atoms with Crippen molar-refractivity contribution in [1.29, 1.82) is 0 Å². The lowest BCUT2D eigenvalue weighted by Crippen LogP contribution is -2.27. The Hall–Kier alpha value is -2.21. The van der Waals surface area contributed by atoms with Crippen LogP contribution in [0, 0.1) is 0 Å². The highest BCUT2D eigenvalue weighted by molar-refractivity contribution is 9.10. The summed E-state index contributed by atoms with van der Waals surface area (Å²) in [6, 6.07) is 7.73. The van der Waals surface area contributed by atoms with Gasteiger partial charge in [-0.1, -0.05) is 28.1 Å². The topological polar surface area (TPSA) is 66.9 Å². The molecule has 0 aliphatic rings. The first kappa shape index (κ1) is 15.2. The van der Waals surface area contributed by atoms with Crippen LogP contribution in [0.1, 0.15) is 5.56 Å². The molecule has 0 radical (unpaired) electrons. The third-order valence-electron chi connectivity index (χ3n) is 2.59. The van der Waals surface area contributed by atoms with E-state index in [0.717, 1.165) is 10.0 Å². The van der Waals surface area contributed by atoms with Crippen LogP contribution in [0.2, 0.25) is 0 Å². The second-order valence-corrected chi connectivity index (χ2v) is 5.11. The SMILES string of the molecule is O=C(/C=C/c1ccc(Br)cc1)NCCNc1cnccn1. The number of hydrogen-bond donors (Lipinski definition) is 2. The van der Waals surface area contributed by atoms with E-state index in [1.165, 1.54) is 6.08 Å². The monoisotopic (exact) mass is 346 g/mol. The van der Waals surface area contributed by atoms with Crippen molar-refractivity contribution in [3.8, 4) is 0 Å². The van der Waals surface area contributed by atoms with Crippen LogP contribution < -0.4 is 10.6 Å². The van der Waals surface area contributed by atoms with E-state index >= 15 is 0 Å². The fourth-order valence-electron chi connectivity index (χ4n) is 1.57. The molecule has 0 aliphatic heterocycles. The Morgan fingerprint density at radius 2 is 2.00 bits per heavy atom.